The fraction of sp³-hybridized carbons (Fsp3) is 0.154. The summed E-state index contributed by atoms with van der Waals surface area (Å²) in [4.78, 5) is 14.5. The first-order valence-electron chi connectivity index (χ1n) is 5.87. The number of anilines is 1. The van der Waals surface area contributed by atoms with Gasteiger partial charge < -0.3 is 5.32 Å². The molecule has 0 aliphatic carbocycles. The molecular formula is C13H11F2N3O2. The topological polar surface area (TPSA) is 68.1 Å². The predicted molar refractivity (Wildman–Crippen MR) is 70.4 cm³/mol. The van der Waals surface area contributed by atoms with Gasteiger partial charge in [-0.25, -0.2) is 13.8 Å². The second-order valence-corrected chi connectivity index (χ2v) is 3.98. The van der Waals surface area contributed by atoms with Crippen molar-refractivity contribution < 1.29 is 13.7 Å². The van der Waals surface area contributed by atoms with Crippen LogP contribution in [0.2, 0.25) is 0 Å². The zero-order valence-electron chi connectivity index (χ0n) is 10.6. The SMILES string of the molecule is CCNc1ccc([N+](=O)[O-])c(-c2ccc(F)c(F)c2)n1. The predicted octanol–water partition coefficient (Wildman–Crippen LogP) is 3.37. The lowest BCUT2D eigenvalue weighted by Crippen LogP contribution is -2.02. The quantitative estimate of drug-likeness (QED) is 0.688. The molecule has 0 aliphatic rings. The molecule has 0 aliphatic heterocycles. The number of rotatable bonds is 4. The normalized spacial score (nSPS) is 10.3. The Morgan fingerprint density at radius 3 is 2.60 bits per heavy atom. The standard InChI is InChI=1S/C13H11F2N3O2/c1-2-16-12-6-5-11(18(19)20)13(17-12)8-3-4-9(14)10(15)7-8/h3-7H,2H2,1H3,(H,16,17). The second kappa shape index (κ2) is 5.60. The minimum atomic E-state index is -1.08. The zero-order valence-corrected chi connectivity index (χ0v) is 10.6. The minimum absolute atomic E-state index is 0.00708. The summed E-state index contributed by atoms with van der Waals surface area (Å²) in [5.41, 5.74) is -0.125. The van der Waals surface area contributed by atoms with Gasteiger partial charge in [-0.15, -0.1) is 0 Å². The number of halogens is 2. The third-order valence-electron chi connectivity index (χ3n) is 2.62. The molecule has 7 heteroatoms. The highest BCUT2D eigenvalue weighted by atomic mass is 19.2. The van der Waals surface area contributed by atoms with Gasteiger partial charge in [0.1, 0.15) is 5.82 Å². The van der Waals surface area contributed by atoms with Gasteiger partial charge in [-0.3, -0.25) is 10.1 Å². The van der Waals surface area contributed by atoms with E-state index in [9.17, 15) is 18.9 Å². The number of nitro groups is 1. The van der Waals surface area contributed by atoms with Gasteiger partial charge in [-0.1, -0.05) is 0 Å². The van der Waals surface area contributed by atoms with Crippen molar-refractivity contribution in [3.63, 3.8) is 0 Å². The van der Waals surface area contributed by atoms with E-state index >= 15 is 0 Å². The fourth-order valence-corrected chi connectivity index (χ4v) is 1.73. The molecule has 0 fully saturated rings. The number of aromatic nitrogens is 1. The smallest absolute Gasteiger partial charge is 0.295 e. The lowest BCUT2D eigenvalue weighted by atomic mass is 10.1. The van der Waals surface area contributed by atoms with Crippen molar-refractivity contribution in [1.82, 2.24) is 4.98 Å². The molecule has 1 N–H and O–H groups in total. The summed E-state index contributed by atoms with van der Waals surface area (Å²) in [5, 5.41) is 13.9. The fourth-order valence-electron chi connectivity index (χ4n) is 1.73. The summed E-state index contributed by atoms with van der Waals surface area (Å²) in [5.74, 6) is -1.66. The Morgan fingerprint density at radius 2 is 2.00 bits per heavy atom. The molecule has 2 rings (SSSR count). The van der Waals surface area contributed by atoms with Crippen LogP contribution in [-0.2, 0) is 0 Å². The highest BCUT2D eigenvalue weighted by molar-refractivity contribution is 5.71. The number of benzene rings is 1. The Morgan fingerprint density at radius 1 is 1.25 bits per heavy atom. The number of hydrogen-bond acceptors (Lipinski definition) is 4. The van der Waals surface area contributed by atoms with Crippen molar-refractivity contribution in [1.29, 1.82) is 0 Å². The first kappa shape index (κ1) is 13.9. The molecule has 0 spiro atoms. The average molecular weight is 279 g/mol. The second-order valence-electron chi connectivity index (χ2n) is 3.98. The van der Waals surface area contributed by atoms with Crippen molar-refractivity contribution in [3.05, 3.63) is 52.1 Å². The highest BCUT2D eigenvalue weighted by Crippen LogP contribution is 2.30. The van der Waals surface area contributed by atoms with Gasteiger partial charge in [0, 0.05) is 18.2 Å². The highest BCUT2D eigenvalue weighted by Gasteiger charge is 2.19. The molecular weight excluding hydrogens is 268 g/mol. The van der Waals surface area contributed by atoms with Crippen molar-refractivity contribution in [2.24, 2.45) is 0 Å². The largest absolute Gasteiger partial charge is 0.370 e. The van der Waals surface area contributed by atoms with Crippen LogP contribution in [0.15, 0.2) is 30.3 Å². The molecule has 1 aromatic carbocycles. The summed E-state index contributed by atoms with van der Waals surface area (Å²) in [6.07, 6.45) is 0. The summed E-state index contributed by atoms with van der Waals surface area (Å²) in [6.45, 7) is 2.43. The first-order chi connectivity index (χ1) is 9.52. The molecule has 0 atom stereocenters. The maximum absolute atomic E-state index is 13.3. The van der Waals surface area contributed by atoms with Crippen LogP contribution in [0, 0.1) is 21.7 Å². The Labute approximate surface area is 113 Å². The number of nitrogens with zero attached hydrogens (tertiary/aromatic N) is 2. The molecule has 1 heterocycles. The van der Waals surface area contributed by atoms with E-state index in [1.54, 1.807) is 0 Å². The van der Waals surface area contributed by atoms with Crippen LogP contribution in [-0.4, -0.2) is 16.5 Å². The third-order valence-corrected chi connectivity index (χ3v) is 2.62. The molecule has 0 amide bonds. The molecule has 0 saturated heterocycles. The van der Waals surface area contributed by atoms with Crippen LogP contribution < -0.4 is 5.32 Å². The van der Waals surface area contributed by atoms with E-state index in [0.29, 0.717) is 12.4 Å². The van der Waals surface area contributed by atoms with Crippen LogP contribution >= 0.6 is 0 Å². The van der Waals surface area contributed by atoms with Gasteiger partial charge in [-0.2, -0.15) is 0 Å². The zero-order chi connectivity index (χ0) is 14.7. The first-order valence-corrected chi connectivity index (χ1v) is 5.87. The van der Waals surface area contributed by atoms with E-state index in [0.717, 1.165) is 12.1 Å². The molecule has 0 unspecified atom stereocenters. The van der Waals surface area contributed by atoms with Gasteiger partial charge in [-0.05, 0) is 31.2 Å². The van der Waals surface area contributed by atoms with Crippen LogP contribution in [0.5, 0.6) is 0 Å². The van der Waals surface area contributed by atoms with E-state index in [1.807, 2.05) is 6.92 Å². The van der Waals surface area contributed by atoms with Crippen LogP contribution in [0.4, 0.5) is 20.3 Å². The van der Waals surface area contributed by atoms with Gasteiger partial charge in [0.05, 0.1) is 4.92 Å². The molecule has 0 bridgehead atoms. The Balaban J connectivity index is 2.59. The van der Waals surface area contributed by atoms with Gasteiger partial charge >= 0.3 is 0 Å². The molecule has 2 aromatic rings. The molecule has 20 heavy (non-hydrogen) atoms. The van der Waals surface area contributed by atoms with Crippen molar-refractivity contribution in [3.8, 4) is 11.3 Å². The number of nitrogens with one attached hydrogen (secondary N) is 1. The Kier molecular flexibility index (Phi) is 3.88. The molecule has 1 aromatic heterocycles. The monoisotopic (exact) mass is 279 g/mol. The van der Waals surface area contributed by atoms with E-state index < -0.39 is 16.6 Å². The lowest BCUT2D eigenvalue weighted by Gasteiger charge is -2.07. The van der Waals surface area contributed by atoms with Crippen molar-refractivity contribution >= 4 is 11.5 Å². The minimum Gasteiger partial charge on any atom is -0.370 e. The molecule has 5 nitrogen and oxygen atoms in total. The van der Waals surface area contributed by atoms with Crippen LogP contribution in [0.3, 0.4) is 0 Å². The maximum atomic E-state index is 13.3. The maximum Gasteiger partial charge on any atom is 0.295 e. The summed E-state index contributed by atoms with van der Waals surface area (Å²) < 4.78 is 26.2. The summed E-state index contributed by atoms with van der Waals surface area (Å²) in [7, 11) is 0. The average Bonchev–Trinajstić information content (AvgIpc) is 2.42. The molecule has 0 radical (unpaired) electrons. The van der Waals surface area contributed by atoms with Crippen molar-refractivity contribution in [2.75, 3.05) is 11.9 Å². The van der Waals surface area contributed by atoms with Gasteiger partial charge in [0.25, 0.3) is 5.69 Å². The van der Waals surface area contributed by atoms with Gasteiger partial charge in [0.2, 0.25) is 0 Å². The number of pyridine rings is 1. The van der Waals surface area contributed by atoms with E-state index in [1.165, 1.54) is 18.2 Å². The van der Waals surface area contributed by atoms with Gasteiger partial charge in [0.15, 0.2) is 17.3 Å². The van der Waals surface area contributed by atoms with E-state index in [4.69, 9.17) is 0 Å². The molecule has 104 valence electrons. The van der Waals surface area contributed by atoms with Crippen LogP contribution in [0.25, 0.3) is 11.3 Å². The van der Waals surface area contributed by atoms with E-state index in [-0.39, 0.29) is 16.9 Å². The summed E-state index contributed by atoms with van der Waals surface area (Å²) >= 11 is 0. The summed E-state index contributed by atoms with van der Waals surface area (Å²) in [6, 6.07) is 5.80. The number of hydrogen-bond donors (Lipinski definition) is 1. The van der Waals surface area contributed by atoms with E-state index in [2.05, 4.69) is 10.3 Å². The Bertz CT molecular complexity index is 662. The van der Waals surface area contributed by atoms with Crippen molar-refractivity contribution in [2.45, 2.75) is 6.92 Å². The Hall–Kier alpha value is -2.57. The van der Waals surface area contributed by atoms with Crippen LogP contribution in [0.1, 0.15) is 6.92 Å². The third kappa shape index (κ3) is 2.71. The lowest BCUT2D eigenvalue weighted by molar-refractivity contribution is -0.384. The molecule has 0 saturated carbocycles.